The largest absolute Gasteiger partial charge is 0.482 e. The van der Waals surface area contributed by atoms with Crippen molar-refractivity contribution >= 4 is 17.8 Å². The summed E-state index contributed by atoms with van der Waals surface area (Å²) >= 11 is 0. The van der Waals surface area contributed by atoms with E-state index in [1.807, 2.05) is 0 Å². The van der Waals surface area contributed by atoms with Crippen molar-refractivity contribution in [1.29, 1.82) is 0 Å². The molecule has 0 radical (unpaired) electrons. The Hall–Kier alpha value is -2.09. The topological polar surface area (TPSA) is 109 Å². The minimum absolute atomic E-state index is 0.0242. The van der Waals surface area contributed by atoms with Gasteiger partial charge in [-0.1, -0.05) is 5.16 Å². The fourth-order valence-electron chi connectivity index (χ4n) is 2.93. The van der Waals surface area contributed by atoms with Crippen molar-refractivity contribution in [2.45, 2.75) is 18.4 Å². The number of aliphatic carboxylic acids is 2. The molecule has 0 aromatic heterocycles. The maximum Gasteiger partial charge on any atom is 0.328 e. The van der Waals surface area contributed by atoms with Gasteiger partial charge in [0.05, 0.1) is 13.5 Å². The number of oxime groups is 1. The van der Waals surface area contributed by atoms with Crippen LogP contribution in [0, 0.1) is 5.92 Å². The van der Waals surface area contributed by atoms with Crippen molar-refractivity contribution in [3.05, 3.63) is 12.2 Å². The molecule has 0 amide bonds. The van der Waals surface area contributed by atoms with Crippen LogP contribution in [0.1, 0.15) is 12.8 Å². The standard InChI is InChI=1S/C9H14N2O2.C4H4O4/c1-12-8-4-9(13-10-8)6-11-3-2-7(9)5-11;5-3(6)1-2-4(7)8/h7H,2-6H2,1H3;1-2H,(H,5,6)(H,7,8)/b;2-1+. The number of piperidine rings is 1. The zero-order valence-corrected chi connectivity index (χ0v) is 11.7. The van der Waals surface area contributed by atoms with E-state index in [1.54, 1.807) is 7.11 Å². The SMILES string of the molecule is COC1=NOC2(C1)CN1CCC2C1.O=C(O)/C=C/C(=O)O. The summed E-state index contributed by atoms with van der Waals surface area (Å²) in [5.74, 6) is -1.09. The van der Waals surface area contributed by atoms with Gasteiger partial charge in [0, 0.05) is 31.2 Å². The van der Waals surface area contributed by atoms with Crippen LogP contribution in [0.15, 0.2) is 17.3 Å². The lowest BCUT2D eigenvalue weighted by Crippen LogP contribution is -2.42. The number of carboxylic acid groups (broad SMARTS) is 2. The van der Waals surface area contributed by atoms with E-state index in [4.69, 9.17) is 19.8 Å². The highest BCUT2D eigenvalue weighted by atomic mass is 16.7. The second kappa shape index (κ2) is 6.13. The molecule has 1 spiro atoms. The number of carboxylic acids is 2. The highest BCUT2D eigenvalue weighted by Crippen LogP contribution is 2.44. The van der Waals surface area contributed by atoms with E-state index in [0.717, 1.165) is 18.9 Å². The van der Waals surface area contributed by atoms with Crippen LogP contribution in [0.25, 0.3) is 0 Å². The monoisotopic (exact) mass is 298 g/mol. The highest BCUT2D eigenvalue weighted by Gasteiger charge is 2.55. The average molecular weight is 298 g/mol. The Kier molecular flexibility index (Phi) is 4.46. The second-order valence-corrected chi connectivity index (χ2v) is 5.25. The molecule has 3 aliphatic rings. The van der Waals surface area contributed by atoms with Gasteiger partial charge in [-0.3, -0.25) is 4.90 Å². The van der Waals surface area contributed by atoms with Gasteiger partial charge >= 0.3 is 11.9 Å². The number of fused-ring (bicyclic) bond motifs is 3. The summed E-state index contributed by atoms with van der Waals surface area (Å²) in [6.07, 6.45) is 3.24. The molecule has 2 saturated heterocycles. The molecule has 0 aromatic carbocycles. The first kappa shape index (κ1) is 15.3. The van der Waals surface area contributed by atoms with E-state index in [9.17, 15) is 9.59 Å². The lowest BCUT2D eigenvalue weighted by molar-refractivity contribution is -0.134. The number of ether oxygens (including phenoxy) is 1. The van der Waals surface area contributed by atoms with E-state index in [-0.39, 0.29) is 5.60 Å². The Morgan fingerprint density at radius 2 is 2.10 bits per heavy atom. The van der Waals surface area contributed by atoms with Gasteiger partial charge in [0.2, 0.25) is 5.90 Å². The molecule has 3 unspecified atom stereocenters. The minimum Gasteiger partial charge on any atom is -0.482 e. The van der Waals surface area contributed by atoms with Gasteiger partial charge in [0.25, 0.3) is 0 Å². The molecule has 21 heavy (non-hydrogen) atoms. The van der Waals surface area contributed by atoms with Gasteiger partial charge in [0.15, 0.2) is 5.60 Å². The van der Waals surface area contributed by atoms with Crippen LogP contribution in [0.3, 0.4) is 0 Å². The van der Waals surface area contributed by atoms with Crippen LogP contribution in [-0.4, -0.2) is 65.3 Å². The molecule has 2 fully saturated rings. The molecular weight excluding hydrogens is 280 g/mol. The molecule has 0 aromatic rings. The third-order valence-corrected chi connectivity index (χ3v) is 3.89. The molecular formula is C13H18N2O6. The van der Waals surface area contributed by atoms with E-state index in [2.05, 4.69) is 10.1 Å². The maximum atomic E-state index is 9.55. The van der Waals surface area contributed by atoms with Gasteiger partial charge in [-0.2, -0.15) is 0 Å². The quantitative estimate of drug-likeness (QED) is 0.698. The Morgan fingerprint density at radius 3 is 2.48 bits per heavy atom. The maximum absolute atomic E-state index is 9.55. The Balaban J connectivity index is 0.000000177. The number of hydrogen-bond donors (Lipinski definition) is 2. The zero-order chi connectivity index (χ0) is 15.5. The lowest BCUT2D eigenvalue weighted by Gasteiger charge is -2.30. The van der Waals surface area contributed by atoms with E-state index in [0.29, 0.717) is 18.1 Å². The third-order valence-electron chi connectivity index (χ3n) is 3.89. The molecule has 0 aliphatic carbocycles. The van der Waals surface area contributed by atoms with Crippen molar-refractivity contribution in [3.63, 3.8) is 0 Å². The van der Waals surface area contributed by atoms with Gasteiger partial charge in [-0.15, -0.1) is 0 Å². The fraction of sp³-hybridized carbons (Fsp3) is 0.615. The molecule has 3 rings (SSSR count). The lowest BCUT2D eigenvalue weighted by atomic mass is 9.85. The van der Waals surface area contributed by atoms with Crippen molar-refractivity contribution in [1.82, 2.24) is 4.90 Å². The Bertz CT molecular complexity index is 473. The molecule has 3 heterocycles. The summed E-state index contributed by atoms with van der Waals surface area (Å²) in [4.78, 5) is 27.1. The number of carbonyl (C=O) groups is 2. The molecule has 8 heteroatoms. The van der Waals surface area contributed by atoms with Gasteiger partial charge in [0.1, 0.15) is 0 Å². The van der Waals surface area contributed by atoms with Crippen LogP contribution in [-0.2, 0) is 19.2 Å². The van der Waals surface area contributed by atoms with Gasteiger partial charge in [-0.05, 0) is 13.0 Å². The summed E-state index contributed by atoms with van der Waals surface area (Å²) < 4.78 is 5.11. The first-order valence-corrected chi connectivity index (χ1v) is 6.60. The molecule has 2 bridgehead atoms. The second-order valence-electron chi connectivity index (χ2n) is 5.25. The summed E-state index contributed by atoms with van der Waals surface area (Å²) in [5.41, 5.74) is -0.0242. The summed E-state index contributed by atoms with van der Waals surface area (Å²) in [6, 6.07) is 0. The summed E-state index contributed by atoms with van der Waals surface area (Å²) in [7, 11) is 1.66. The van der Waals surface area contributed by atoms with Crippen molar-refractivity contribution in [3.8, 4) is 0 Å². The normalized spacial score (nSPS) is 32.5. The number of hydrogen-bond acceptors (Lipinski definition) is 6. The van der Waals surface area contributed by atoms with Crippen LogP contribution in [0.4, 0.5) is 0 Å². The zero-order valence-electron chi connectivity index (χ0n) is 11.7. The molecule has 0 saturated carbocycles. The average Bonchev–Trinajstić information content (AvgIpc) is 3.13. The van der Waals surface area contributed by atoms with Crippen LogP contribution in [0.2, 0.25) is 0 Å². The molecule has 8 nitrogen and oxygen atoms in total. The first-order chi connectivity index (χ1) is 9.95. The Morgan fingerprint density at radius 1 is 1.43 bits per heavy atom. The van der Waals surface area contributed by atoms with Gasteiger partial charge in [-0.25, -0.2) is 9.59 Å². The van der Waals surface area contributed by atoms with Crippen molar-refractivity contribution in [2.24, 2.45) is 11.1 Å². The number of rotatable bonds is 2. The Labute approximate surface area is 121 Å². The third kappa shape index (κ3) is 3.52. The van der Waals surface area contributed by atoms with Gasteiger partial charge < -0.3 is 19.8 Å². The number of methoxy groups -OCH3 is 1. The van der Waals surface area contributed by atoms with E-state index in [1.165, 1.54) is 19.5 Å². The minimum atomic E-state index is -1.26. The predicted octanol–water partition coefficient (Wildman–Crippen LogP) is 0.153. The van der Waals surface area contributed by atoms with Crippen LogP contribution in [0.5, 0.6) is 0 Å². The van der Waals surface area contributed by atoms with E-state index < -0.39 is 11.9 Å². The number of nitrogens with zero attached hydrogens (tertiary/aromatic N) is 2. The highest BCUT2D eigenvalue weighted by molar-refractivity contribution is 5.89. The van der Waals surface area contributed by atoms with E-state index >= 15 is 0 Å². The van der Waals surface area contributed by atoms with Crippen LogP contribution >= 0.6 is 0 Å². The molecule has 3 aliphatic heterocycles. The molecule has 2 N–H and O–H groups in total. The summed E-state index contributed by atoms with van der Waals surface area (Å²) in [6.45, 7) is 3.46. The van der Waals surface area contributed by atoms with Crippen LogP contribution < -0.4 is 0 Å². The molecule has 3 atom stereocenters. The van der Waals surface area contributed by atoms with Crippen molar-refractivity contribution in [2.75, 3.05) is 26.7 Å². The fourth-order valence-corrected chi connectivity index (χ4v) is 2.93. The smallest absolute Gasteiger partial charge is 0.328 e. The van der Waals surface area contributed by atoms with Crippen molar-refractivity contribution < 1.29 is 29.4 Å². The first-order valence-electron chi connectivity index (χ1n) is 6.60. The predicted molar refractivity (Wildman–Crippen MR) is 71.8 cm³/mol. The molecule has 116 valence electrons. The summed E-state index contributed by atoms with van der Waals surface area (Å²) in [5, 5.41) is 19.6.